The van der Waals surface area contributed by atoms with Gasteiger partial charge < -0.3 is 4.90 Å². The van der Waals surface area contributed by atoms with Crippen molar-refractivity contribution in [3.63, 3.8) is 0 Å². The van der Waals surface area contributed by atoms with Crippen molar-refractivity contribution in [3.8, 4) is 0 Å². The Morgan fingerprint density at radius 1 is 1.15 bits per heavy atom. The van der Waals surface area contributed by atoms with E-state index < -0.39 is 0 Å². The highest BCUT2D eigenvalue weighted by Gasteiger charge is 2.17. The largest absolute Gasteiger partial charge is 0.308 e. The van der Waals surface area contributed by atoms with E-state index in [0.717, 1.165) is 21.3 Å². The zero-order chi connectivity index (χ0) is 14.7. The topological polar surface area (TPSA) is 20.3 Å². The third-order valence-corrected chi connectivity index (χ3v) is 3.71. The van der Waals surface area contributed by atoms with Gasteiger partial charge in [-0.3, -0.25) is 4.79 Å². The molecule has 3 heteroatoms. The maximum absolute atomic E-state index is 12.7. The lowest BCUT2D eigenvalue weighted by atomic mass is 10.1. The van der Waals surface area contributed by atoms with Crippen LogP contribution in [0.15, 0.2) is 46.9 Å². The lowest BCUT2D eigenvalue weighted by Gasteiger charge is -2.23. The van der Waals surface area contributed by atoms with Crippen LogP contribution in [0.2, 0.25) is 0 Å². The Labute approximate surface area is 128 Å². The fourth-order valence-electron chi connectivity index (χ4n) is 2.31. The zero-order valence-corrected chi connectivity index (χ0v) is 13.6. The number of hydrogen-bond acceptors (Lipinski definition) is 1. The van der Waals surface area contributed by atoms with Crippen molar-refractivity contribution >= 4 is 27.5 Å². The van der Waals surface area contributed by atoms with E-state index in [9.17, 15) is 4.79 Å². The van der Waals surface area contributed by atoms with Crippen LogP contribution >= 0.6 is 15.9 Å². The van der Waals surface area contributed by atoms with Crippen LogP contribution in [0.25, 0.3) is 0 Å². The maximum Gasteiger partial charge on any atom is 0.258 e. The first kappa shape index (κ1) is 14.8. The molecule has 0 aliphatic carbocycles. The van der Waals surface area contributed by atoms with E-state index in [2.05, 4.69) is 15.9 Å². The van der Waals surface area contributed by atoms with E-state index in [1.165, 1.54) is 0 Å². The van der Waals surface area contributed by atoms with E-state index in [1.807, 2.05) is 68.1 Å². The summed E-state index contributed by atoms with van der Waals surface area (Å²) in [6.07, 6.45) is 0. The summed E-state index contributed by atoms with van der Waals surface area (Å²) in [6, 6.07) is 13.8. The predicted molar refractivity (Wildman–Crippen MR) is 87.4 cm³/mol. The van der Waals surface area contributed by atoms with Crippen molar-refractivity contribution in [2.45, 2.75) is 20.8 Å². The van der Waals surface area contributed by atoms with Crippen LogP contribution in [-0.4, -0.2) is 12.5 Å². The van der Waals surface area contributed by atoms with Gasteiger partial charge in [0.15, 0.2) is 0 Å². The molecule has 0 heterocycles. The Morgan fingerprint density at radius 2 is 1.85 bits per heavy atom. The number of amides is 1. The number of aryl methyl sites for hydroxylation is 2. The monoisotopic (exact) mass is 331 g/mol. The van der Waals surface area contributed by atoms with Gasteiger partial charge in [-0.25, -0.2) is 0 Å². The molecule has 0 radical (unpaired) electrons. The molecule has 2 aromatic carbocycles. The van der Waals surface area contributed by atoms with Gasteiger partial charge in [-0.15, -0.1) is 0 Å². The molecule has 2 rings (SSSR count). The van der Waals surface area contributed by atoms with Gasteiger partial charge in [0.05, 0.1) is 0 Å². The molecule has 2 aromatic rings. The van der Waals surface area contributed by atoms with E-state index in [4.69, 9.17) is 0 Å². The lowest BCUT2D eigenvalue weighted by Crippen LogP contribution is -2.31. The van der Waals surface area contributed by atoms with E-state index in [-0.39, 0.29) is 5.91 Å². The second kappa shape index (κ2) is 6.23. The maximum atomic E-state index is 12.7. The quantitative estimate of drug-likeness (QED) is 0.795. The van der Waals surface area contributed by atoms with Crippen molar-refractivity contribution in [2.24, 2.45) is 0 Å². The van der Waals surface area contributed by atoms with E-state index in [0.29, 0.717) is 12.1 Å². The number of carbonyl (C=O) groups excluding carboxylic acids is 1. The standard InChI is InChI=1S/C17H18BrNO/c1-4-19(16-8-6-5-7-13(16)3)17(20)14-9-12(2)10-15(18)11-14/h5-11H,4H2,1-3H3. The Morgan fingerprint density at radius 3 is 2.45 bits per heavy atom. The van der Waals surface area contributed by atoms with E-state index >= 15 is 0 Å². The van der Waals surface area contributed by atoms with Gasteiger partial charge in [0.25, 0.3) is 5.91 Å². The minimum absolute atomic E-state index is 0.0335. The molecule has 0 fully saturated rings. The van der Waals surface area contributed by atoms with Crippen LogP contribution in [-0.2, 0) is 0 Å². The highest BCUT2D eigenvalue weighted by molar-refractivity contribution is 9.10. The molecule has 0 saturated heterocycles. The summed E-state index contributed by atoms with van der Waals surface area (Å²) < 4.78 is 0.932. The van der Waals surface area contributed by atoms with Gasteiger partial charge in [-0.2, -0.15) is 0 Å². The van der Waals surface area contributed by atoms with Crippen molar-refractivity contribution in [2.75, 3.05) is 11.4 Å². The molecule has 0 aliphatic heterocycles. The van der Waals surface area contributed by atoms with Crippen LogP contribution in [0.3, 0.4) is 0 Å². The average Bonchev–Trinajstić information content (AvgIpc) is 2.40. The number of nitrogens with zero attached hydrogens (tertiary/aromatic N) is 1. The molecule has 0 saturated carbocycles. The van der Waals surface area contributed by atoms with Gasteiger partial charge in [0, 0.05) is 22.3 Å². The third-order valence-electron chi connectivity index (χ3n) is 3.26. The molecule has 20 heavy (non-hydrogen) atoms. The Kier molecular flexibility index (Phi) is 4.61. The van der Waals surface area contributed by atoms with Crippen LogP contribution in [0.4, 0.5) is 5.69 Å². The molecular weight excluding hydrogens is 314 g/mol. The first-order valence-corrected chi connectivity index (χ1v) is 7.47. The van der Waals surface area contributed by atoms with Crippen LogP contribution in [0, 0.1) is 13.8 Å². The van der Waals surface area contributed by atoms with E-state index in [1.54, 1.807) is 0 Å². The Hall–Kier alpha value is -1.61. The molecule has 0 spiro atoms. The van der Waals surface area contributed by atoms with Gasteiger partial charge >= 0.3 is 0 Å². The molecule has 0 N–H and O–H groups in total. The molecule has 104 valence electrons. The van der Waals surface area contributed by atoms with Crippen LogP contribution in [0.5, 0.6) is 0 Å². The summed E-state index contributed by atoms with van der Waals surface area (Å²) in [7, 11) is 0. The third kappa shape index (κ3) is 3.10. The Bertz CT molecular complexity index is 616. The average molecular weight is 332 g/mol. The van der Waals surface area contributed by atoms with Crippen molar-refractivity contribution in [1.82, 2.24) is 0 Å². The number of halogens is 1. The molecule has 0 bridgehead atoms. The number of benzene rings is 2. The summed E-state index contributed by atoms with van der Waals surface area (Å²) in [5, 5.41) is 0. The molecule has 2 nitrogen and oxygen atoms in total. The number of para-hydroxylation sites is 1. The number of hydrogen-bond donors (Lipinski definition) is 0. The van der Waals surface area contributed by atoms with Crippen LogP contribution < -0.4 is 4.90 Å². The van der Waals surface area contributed by atoms with Gasteiger partial charge in [-0.05, 0) is 56.2 Å². The van der Waals surface area contributed by atoms with Crippen LogP contribution in [0.1, 0.15) is 28.4 Å². The molecule has 1 amide bonds. The highest BCUT2D eigenvalue weighted by atomic mass is 79.9. The molecule has 0 atom stereocenters. The van der Waals surface area contributed by atoms with Gasteiger partial charge in [0.2, 0.25) is 0 Å². The summed E-state index contributed by atoms with van der Waals surface area (Å²) >= 11 is 3.45. The molecule has 0 aromatic heterocycles. The van der Waals surface area contributed by atoms with Crippen molar-refractivity contribution in [1.29, 1.82) is 0 Å². The molecule has 0 aliphatic rings. The highest BCUT2D eigenvalue weighted by Crippen LogP contribution is 2.23. The molecular formula is C17H18BrNO. The Balaban J connectivity index is 2.42. The lowest BCUT2D eigenvalue weighted by molar-refractivity contribution is 0.0988. The second-order valence-electron chi connectivity index (χ2n) is 4.85. The SMILES string of the molecule is CCN(C(=O)c1cc(C)cc(Br)c1)c1ccccc1C. The predicted octanol–water partition coefficient (Wildman–Crippen LogP) is 4.73. The number of rotatable bonds is 3. The first-order chi connectivity index (χ1) is 9.52. The summed E-state index contributed by atoms with van der Waals surface area (Å²) in [6.45, 7) is 6.66. The fourth-order valence-corrected chi connectivity index (χ4v) is 2.91. The summed E-state index contributed by atoms with van der Waals surface area (Å²) in [4.78, 5) is 14.6. The van der Waals surface area contributed by atoms with Gasteiger partial charge in [0.1, 0.15) is 0 Å². The van der Waals surface area contributed by atoms with Gasteiger partial charge in [-0.1, -0.05) is 34.1 Å². The normalized spacial score (nSPS) is 10.4. The number of carbonyl (C=O) groups is 1. The zero-order valence-electron chi connectivity index (χ0n) is 12.0. The van der Waals surface area contributed by atoms with Crippen molar-refractivity contribution < 1.29 is 4.79 Å². The summed E-state index contributed by atoms with van der Waals surface area (Å²) in [5.74, 6) is 0.0335. The molecule has 0 unspecified atom stereocenters. The number of anilines is 1. The van der Waals surface area contributed by atoms with Crippen molar-refractivity contribution in [3.05, 3.63) is 63.6 Å². The first-order valence-electron chi connectivity index (χ1n) is 6.67. The minimum Gasteiger partial charge on any atom is -0.308 e. The minimum atomic E-state index is 0.0335. The summed E-state index contributed by atoms with van der Waals surface area (Å²) in [5.41, 5.74) is 3.86. The smallest absolute Gasteiger partial charge is 0.258 e. The fraction of sp³-hybridized carbons (Fsp3) is 0.235. The second-order valence-corrected chi connectivity index (χ2v) is 5.77.